The maximum atomic E-state index is 13.9. The Hall–Kier alpha value is -3.22. The van der Waals surface area contributed by atoms with Crippen LogP contribution in [0.4, 0.5) is 5.95 Å². The van der Waals surface area contributed by atoms with Crippen molar-refractivity contribution < 1.29 is 23.8 Å². The lowest BCUT2D eigenvalue weighted by molar-refractivity contribution is -0.146. The Morgan fingerprint density at radius 3 is 2.57 bits per heavy atom. The van der Waals surface area contributed by atoms with Crippen LogP contribution in [0.5, 0.6) is 11.5 Å². The molecule has 6 rings (SSSR count). The summed E-state index contributed by atoms with van der Waals surface area (Å²) in [6, 6.07) is 10.7. The maximum absolute atomic E-state index is 13.9. The van der Waals surface area contributed by atoms with E-state index in [2.05, 4.69) is 21.2 Å². The van der Waals surface area contributed by atoms with Gasteiger partial charge in [0.1, 0.15) is 12.1 Å². The van der Waals surface area contributed by atoms with E-state index in [0.29, 0.717) is 54.7 Å². The molecular weight excluding hydrogens is 706 g/mol. The van der Waals surface area contributed by atoms with Crippen molar-refractivity contribution in [2.45, 2.75) is 81.3 Å². The molecule has 3 aliphatic rings. The second kappa shape index (κ2) is 15.3. The Labute approximate surface area is 292 Å². The Morgan fingerprint density at radius 1 is 1.09 bits per heavy atom. The Kier molecular flexibility index (Phi) is 11.0. The summed E-state index contributed by atoms with van der Waals surface area (Å²) in [6.45, 7) is 3.26. The van der Waals surface area contributed by atoms with Crippen LogP contribution in [-0.2, 0) is 20.1 Å². The highest BCUT2D eigenvalue weighted by Crippen LogP contribution is 2.44. The lowest BCUT2D eigenvalue weighted by Crippen LogP contribution is -2.38. The molecule has 2 fully saturated rings. The number of piperidine rings is 1. The second-order valence-electron chi connectivity index (χ2n) is 12.0. The van der Waals surface area contributed by atoms with Crippen LogP contribution in [0.15, 0.2) is 57.3 Å². The van der Waals surface area contributed by atoms with Crippen molar-refractivity contribution in [1.82, 2.24) is 19.7 Å². The molecule has 1 N–H and O–H groups in total. The van der Waals surface area contributed by atoms with Crippen molar-refractivity contribution >= 4 is 57.1 Å². The summed E-state index contributed by atoms with van der Waals surface area (Å²) in [6.07, 6.45) is 7.99. The number of hydrogen-bond donors (Lipinski definition) is 1. The molecule has 2 aromatic carbocycles. The van der Waals surface area contributed by atoms with Crippen LogP contribution >= 0.6 is 39.3 Å². The van der Waals surface area contributed by atoms with Gasteiger partial charge in [0.15, 0.2) is 18.1 Å². The highest BCUT2D eigenvalue weighted by molar-refractivity contribution is 9.10. The van der Waals surface area contributed by atoms with Gasteiger partial charge >= 0.3 is 5.97 Å². The number of hydrogen-bond acceptors (Lipinski definition) is 9. The van der Waals surface area contributed by atoms with E-state index in [4.69, 9.17) is 35.9 Å². The fourth-order valence-corrected chi connectivity index (χ4v) is 8.02. The lowest BCUT2D eigenvalue weighted by Gasteiger charge is -2.30. The highest BCUT2D eigenvalue weighted by atomic mass is 79.9. The first-order valence-corrected chi connectivity index (χ1v) is 18.3. The molecule has 1 aromatic heterocycles. The van der Waals surface area contributed by atoms with E-state index in [1.165, 1.54) is 11.8 Å². The number of nitrogens with zero attached hydrogens (tertiary/aromatic N) is 4. The summed E-state index contributed by atoms with van der Waals surface area (Å²) in [5, 5.41) is 9.38. The number of fused-ring (bicyclic) bond motifs is 1. The van der Waals surface area contributed by atoms with Crippen molar-refractivity contribution in [3.8, 4) is 11.5 Å². The minimum atomic E-state index is -0.668. The summed E-state index contributed by atoms with van der Waals surface area (Å²) < 4.78 is 20.2. The van der Waals surface area contributed by atoms with Crippen LogP contribution in [0.25, 0.3) is 0 Å². The van der Waals surface area contributed by atoms with E-state index in [1.807, 2.05) is 48.2 Å². The fourth-order valence-electron chi connectivity index (χ4n) is 6.33. The number of thioether (sulfide) groups is 1. The van der Waals surface area contributed by atoms with Gasteiger partial charge in [0.2, 0.25) is 11.1 Å². The fraction of sp³-hybridized carbons (Fsp3) is 0.471. The maximum Gasteiger partial charge on any atom is 0.338 e. The van der Waals surface area contributed by atoms with Gasteiger partial charge in [-0.3, -0.25) is 4.79 Å². The zero-order chi connectivity index (χ0) is 32.9. The summed E-state index contributed by atoms with van der Waals surface area (Å²) in [7, 11) is 1.55. The molecule has 1 saturated heterocycles. The molecule has 0 bridgehead atoms. The molecule has 1 atom stereocenters. The predicted molar refractivity (Wildman–Crippen MR) is 185 cm³/mol. The first-order chi connectivity index (χ1) is 22.8. The number of esters is 1. The molecular formula is C34H39BrClN5O5S. The van der Waals surface area contributed by atoms with Crippen LogP contribution < -0.4 is 14.8 Å². The van der Waals surface area contributed by atoms with Crippen LogP contribution in [0.2, 0.25) is 5.02 Å². The van der Waals surface area contributed by atoms with Gasteiger partial charge in [0.05, 0.1) is 17.2 Å². The average Bonchev–Trinajstić information content (AvgIpc) is 3.49. The van der Waals surface area contributed by atoms with E-state index >= 15 is 0 Å². The summed E-state index contributed by atoms with van der Waals surface area (Å²) in [5.74, 6) is 1.48. The molecule has 3 heterocycles. The van der Waals surface area contributed by atoms with Gasteiger partial charge in [-0.2, -0.15) is 4.98 Å². The number of nitrogens with one attached hydrogen (secondary N) is 1. The van der Waals surface area contributed by atoms with Gasteiger partial charge in [-0.15, -0.1) is 5.10 Å². The van der Waals surface area contributed by atoms with Crippen LogP contribution in [-0.4, -0.2) is 64.5 Å². The third-order valence-electron chi connectivity index (χ3n) is 8.81. The quantitative estimate of drug-likeness (QED) is 0.166. The molecule has 1 saturated carbocycles. The first-order valence-electron chi connectivity index (χ1n) is 16.1. The zero-order valence-electron chi connectivity index (χ0n) is 26.6. The number of likely N-dealkylation sites (tertiary alicyclic amines) is 1. The molecule has 1 amide bonds. The smallest absolute Gasteiger partial charge is 0.338 e. The van der Waals surface area contributed by atoms with Crippen molar-refractivity contribution in [2.24, 2.45) is 0 Å². The summed E-state index contributed by atoms with van der Waals surface area (Å²) >= 11 is 11.5. The number of rotatable bonds is 10. The van der Waals surface area contributed by atoms with Gasteiger partial charge in [-0.1, -0.05) is 48.0 Å². The highest BCUT2D eigenvalue weighted by Gasteiger charge is 2.37. The van der Waals surface area contributed by atoms with E-state index < -0.39 is 6.04 Å². The third-order valence-corrected chi connectivity index (χ3v) is 10.7. The third kappa shape index (κ3) is 7.76. The number of carbonyl (C=O) groups excluding carboxylic acids is 2. The summed E-state index contributed by atoms with van der Waals surface area (Å²) in [5.41, 5.74) is 2.78. The monoisotopic (exact) mass is 743 g/mol. The SMILES string of the molecule is COc1cc(C2C(C(=O)OC3CCCCC3)=C(C)Nc3nc(SCc4ccccc4Cl)nn32)cc(Br)c1OCC(=O)N1CCCCC1. The average molecular weight is 745 g/mol. The van der Waals surface area contributed by atoms with Gasteiger partial charge in [-0.05, 0) is 97.1 Å². The number of benzene rings is 2. The number of anilines is 1. The molecule has 47 heavy (non-hydrogen) atoms. The van der Waals surface area contributed by atoms with Crippen molar-refractivity contribution in [3.63, 3.8) is 0 Å². The normalized spacial score (nSPS) is 18.4. The molecule has 1 unspecified atom stereocenters. The van der Waals surface area contributed by atoms with Crippen molar-refractivity contribution in [2.75, 3.05) is 32.1 Å². The summed E-state index contributed by atoms with van der Waals surface area (Å²) in [4.78, 5) is 33.4. The van der Waals surface area contributed by atoms with Crippen LogP contribution in [0.1, 0.15) is 75.5 Å². The number of allylic oxidation sites excluding steroid dienone is 1. The van der Waals surface area contributed by atoms with E-state index in [9.17, 15) is 9.59 Å². The molecule has 3 aromatic rings. The Balaban J connectivity index is 1.32. The number of aromatic nitrogens is 3. The number of amides is 1. The minimum absolute atomic E-state index is 0.0542. The van der Waals surface area contributed by atoms with Crippen LogP contribution in [0.3, 0.4) is 0 Å². The van der Waals surface area contributed by atoms with E-state index in [0.717, 1.165) is 70.0 Å². The predicted octanol–water partition coefficient (Wildman–Crippen LogP) is 7.55. The van der Waals surface area contributed by atoms with E-state index in [1.54, 1.807) is 11.8 Å². The Bertz CT molecular complexity index is 1650. The van der Waals surface area contributed by atoms with Gasteiger partial charge in [0.25, 0.3) is 5.91 Å². The minimum Gasteiger partial charge on any atom is -0.493 e. The topological polar surface area (TPSA) is 108 Å². The molecule has 0 spiro atoms. The van der Waals surface area contributed by atoms with Crippen molar-refractivity contribution in [1.29, 1.82) is 0 Å². The standard InChI is InChI=1S/C34H39BrClN5O5S/c1-21-29(32(43)46-24-12-5-3-6-13-24)30(41-33(37-21)38-34(39-41)47-20-22-11-7-8-14-26(22)36)23-17-25(35)31(27(18-23)44-2)45-19-28(42)40-15-9-4-10-16-40/h7-8,11,14,17-18,24,30H,3-6,9-10,12-13,15-16,19-20H2,1-2H3,(H,37,38,39). The number of methoxy groups -OCH3 is 1. The molecule has 1 aliphatic carbocycles. The lowest BCUT2D eigenvalue weighted by atomic mass is 9.94. The molecule has 0 radical (unpaired) electrons. The number of ether oxygens (including phenoxy) is 3. The molecule has 2 aliphatic heterocycles. The van der Waals surface area contributed by atoms with Gasteiger partial charge in [-0.25, -0.2) is 9.48 Å². The van der Waals surface area contributed by atoms with Crippen molar-refractivity contribution in [3.05, 3.63) is 68.3 Å². The van der Waals surface area contributed by atoms with Gasteiger partial charge < -0.3 is 24.4 Å². The molecule has 250 valence electrons. The first kappa shape index (κ1) is 33.7. The van der Waals surface area contributed by atoms with E-state index in [-0.39, 0.29) is 24.6 Å². The largest absolute Gasteiger partial charge is 0.493 e. The number of carbonyl (C=O) groups is 2. The van der Waals surface area contributed by atoms with Crippen LogP contribution in [0, 0.1) is 0 Å². The molecule has 10 nitrogen and oxygen atoms in total. The zero-order valence-corrected chi connectivity index (χ0v) is 29.8. The number of halogens is 2. The second-order valence-corrected chi connectivity index (χ2v) is 14.2. The molecule has 13 heteroatoms. The Morgan fingerprint density at radius 2 is 1.83 bits per heavy atom. The van der Waals surface area contributed by atoms with Gasteiger partial charge in [0, 0.05) is 29.6 Å².